The molecule has 0 spiro atoms. The zero-order chi connectivity index (χ0) is 13.8. The van der Waals surface area contributed by atoms with Gasteiger partial charge in [-0.1, -0.05) is 0 Å². The monoisotopic (exact) mass is 264 g/mol. The molecule has 1 atom stereocenters. The number of hydrogen-bond donors (Lipinski definition) is 2. The van der Waals surface area contributed by atoms with Crippen LogP contribution in [-0.2, 0) is 0 Å². The Morgan fingerprint density at radius 1 is 1.32 bits per heavy atom. The Bertz CT molecular complexity index is 412. The largest absolute Gasteiger partial charge is 0.368 e. The lowest BCUT2D eigenvalue weighted by Gasteiger charge is -2.33. The van der Waals surface area contributed by atoms with Crippen molar-refractivity contribution < 1.29 is 0 Å². The number of nitrogens with two attached hydrogens (primary N) is 1. The summed E-state index contributed by atoms with van der Waals surface area (Å²) in [4.78, 5) is 13.6. The molecule has 2 heterocycles. The van der Waals surface area contributed by atoms with Gasteiger partial charge in [-0.2, -0.15) is 0 Å². The van der Waals surface area contributed by atoms with Gasteiger partial charge < -0.3 is 20.9 Å². The Hall–Kier alpha value is -1.40. The van der Waals surface area contributed by atoms with E-state index in [1.165, 1.54) is 0 Å². The molecule has 0 radical (unpaired) electrons. The van der Waals surface area contributed by atoms with Crippen molar-refractivity contribution in [1.29, 1.82) is 0 Å². The number of nitrogens with zero attached hydrogens (tertiary/aromatic N) is 4. The molecule has 6 nitrogen and oxygen atoms in total. The van der Waals surface area contributed by atoms with Crippen LogP contribution in [0.5, 0.6) is 0 Å². The molecular weight excluding hydrogens is 240 g/mol. The molecule has 1 unspecified atom stereocenters. The van der Waals surface area contributed by atoms with E-state index in [0.717, 1.165) is 50.2 Å². The van der Waals surface area contributed by atoms with Gasteiger partial charge in [-0.05, 0) is 20.9 Å². The Balaban J connectivity index is 2.07. The number of piperazine rings is 1. The van der Waals surface area contributed by atoms with E-state index in [0.29, 0.717) is 0 Å². The highest BCUT2D eigenvalue weighted by Crippen LogP contribution is 2.17. The highest BCUT2D eigenvalue weighted by atomic mass is 15.3. The maximum Gasteiger partial charge on any atom is 0.134 e. The summed E-state index contributed by atoms with van der Waals surface area (Å²) in [5.41, 5.74) is 5.75. The van der Waals surface area contributed by atoms with E-state index >= 15 is 0 Å². The number of nitrogens with one attached hydrogen (secondary N) is 1. The number of hydrogen-bond acceptors (Lipinski definition) is 6. The van der Waals surface area contributed by atoms with E-state index in [2.05, 4.69) is 32.1 Å². The lowest BCUT2D eigenvalue weighted by atomic mass is 10.3. The Morgan fingerprint density at radius 2 is 2.00 bits per heavy atom. The molecule has 0 amide bonds. The topological polar surface area (TPSA) is 70.3 Å². The second kappa shape index (κ2) is 6.16. The maximum absolute atomic E-state index is 5.75. The molecule has 1 aromatic rings. The van der Waals surface area contributed by atoms with Crippen LogP contribution in [0.2, 0.25) is 0 Å². The predicted octanol–water partition coefficient (Wildman–Crippen LogP) is 0.296. The summed E-state index contributed by atoms with van der Waals surface area (Å²) < 4.78 is 0. The first-order chi connectivity index (χ1) is 9.04. The first-order valence-electron chi connectivity index (χ1n) is 6.83. The van der Waals surface area contributed by atoms with E-state index in [1.807, 2.05) is 19.9 Å². The van der Waals surface area contributed by atoms with Crippen LogP contribution in [0.15, 0.2) is 6.07 Å². The van der Waals surface area contributed by atoms with Crippen LogP contribution in [-0.4, -0.2) is 60.7 Å². The minimum absolute atomic E-state index is 0.113. The van der Waals surface area contributed by atoms with Gasteiger partial charge in [0.2, 0.25) is 0 Å². The highest BCUT2D eigenvalue weighted by Gasteiger charge is 2.16. The van der Waals surface area contributed by atoms with Gasteiger partial charge in [-0.15, -0.1) is 0 Å². The molecule has 1 fully saturated rings. The summed E-state index contributed by atoms with van der Waals surface area (Å²) in [6.45, 7) is 8.80. The number of aromatic nitrogens is 2. The Labute approximate surface area is 115 Å². The van der Waals surface area contributed by atoms with Gasteiger partial charge in [0.15, 0.2) is 0 Å². The van der Waals surface area contributed by atoms with Gasteiger partial charge in [-0.3, -0.25) is 0 Å². The van der Waals surface area contributed by atoms with Gasteiger partial charge >= 0.3 is 0 Å². The van der Waals surface area contributed by atoms with E-state index < -0.39 is 0 Å². The van der Waals surface area contributed by atoms with Gasteiger partial charge in [0.25, 0.3) is 0 Å². The summed E-state index contributed by atoms with van der Waals surface area (Å²) in [6, 6.07) is 2.13. The lowest BCUT2D eigenvalue weighted by Crippen LogP contribution is -2.44. The van der Waals surface area contributed by atoms with Crippen LogP contribution >= 0.6 is 0 Å². The van der Waals surface area contributed by atoms with Crippen molar-refractivity contribution in [3.63, 3.8) is 0 Å². The molecule has 1 saturated heterocycles. The van der Waals surface area contributed by atoms with Crippen LogP contribution in [0.1, 0.15) is 12.7 Å². The molecular formula is C13H24N6. The van der Waals surface area contributed by atoms with Crippen molar-refractivity contribution in [2.24, 2.45) is 5.73 Å². The molecule has 0 aromatic carbocycles. The Kier molecular flexibility index (Phi) is 4.55. The molecule has 0 saturated carbocycles. The van der Waals surface area contributed by atoms with Crippen molar-refractivity contribution in [2.75, 3.05) is 50.0 Å². The first kappa shape index (κ1) is 14.0. The lowest BCUT2D eigenvalue weighted by molar-refractivity contribution is 0.312. The minimum atomic E-state index is 0.113. The van der Waals surface area contributed by atoms with Crippen LogP contribution in [0.3, 0.4) is 0 Å². The molecule has 106 valence electrons. The third kappa shape index (κ3) is 4.04. The minimum Gasteiger partial charge on any atom is -0.368 e. The highest BCUT2D eigenvalue weighted by molar-refractivity contribution is 5.49. The van der Waals surface area contributed by atoms with Crippen LogP contribution in [0, 0.1) is 6.92 Å². The fraction of sp³-hybridized carbons (Fsp3) is 0.692. The third-order valence-electron chi connectivity index (χ3n) is 3.26. The summed E-state index contributed by atoms with van der Waals surface area (Å²) in [7, 11) is 2.15. The van der Waals surface area contributed by atoms with Gasteiger partial charge in [-0.25, -0.2) is 9.97 Å². The third-order valence-corrected chi connectivity index (χ3v) is 3.26. The summed E-state index contributed by atoms with van der Waals surface area (Å²) in [6.07, 6.45) is 0. The van der Waals surface area contributed by atoms with Crippen molar-refractivity contribution in [2.45, 2.75) is 19.9 Å². The molecule has 3 N–H and O–H groups in total. The van der Waals surface area contributed by atoms with Crippen LogP contribution in [0.4, 0.5) is 11.6 Å². The predicted molar refractivity (Wildman–Crippen MR) is 78.6 cm³/mol. The van der Waals surface area contributed by atoms with Gasteiger partial charge in [0.05, 0.1) is 0 Å². The van der Waals surface area contributed by atoms with E-state index in [-0.39, 0.29) is 6.04 Å². The quantitative estimate of drug-likeness (QED) is 0.815. The van der Waals surface area contributed by atoms with Crippen molar-refractivity contribution in [1.82, 2.24) is 14.9 Å². The number of rotatable bonds is 4. The number of anilines is 2. The normalized spacial score (nSPS) is 18.4. The number of aryl methyl sites for hydroxylation is 1. The Morgan fingerprint density at radius 3 is 2.63 bits per heavy atom. The van der Waals surface area contributed by atoms with Crippen molar-refractivity contribution in [3.05, 3.63) is 11.9 Å². The summed E-state index contributed by atoms with van der Waals surface area (Å²) in [5.74, 6) is 2.66. The van der Waals surface area contributed by atoms with Crippen LogP contribution in [0.25, 0.3) is 0 Å². The van der Waals surface area contributed by atoms with Gasteiger partial charge in [0, 0.05) is 44.8 Å². The number of likely N-dealkylation sites (N-methyl/N-ethyl adjacent to an activating group) is 1. The summed E-state index contributed by atoms with van der Waals surface area (Å²) in [5, 5.41) is 3.26. The molecule has 6 heteroatoms. The standard InChI is InChI=1S/C13H24N6/c1-10(14)9-15-12-8-13(17-11(2)16-12)19-6-4-18(3)5-7-19/h8,10H,4-7,9,14H2,1-3H3,(H,15,16,17). The second-order valence-corrected chi connectivity index (χ2v) is 5.31. The molecule has 1 aliphatic rings. The fourth-order valence-corrected chi connectivity index (χ4v) is 2.11. The SMILES string of the molecule is Cc1nc(NCC(C)N)cc(N2CCN(C)CC2)n1. The smallest absolute Gasteiger partial charge is 0.134 e. The summed E-state index contributed by atoms with van der Waals surface area (Å²) >= 11 is 0. The maximum atomic E-state index is 5.75. The van der Waals surface area contributed by atoms with E-state index in [9.17, 15) is 0 Å². The van der Waals surface area contributed by atoms with Crippen molar-refractivity contribution in [3.8, 4) is 0 Å². The zero-order valence-corrected chi connectivity index (χ0v) is 12.1. The van der Waals surface area contributed by atoms with E-state index in [1.54, 1.807) is 0 Å². The molecule has 2 rings (SSSR count). The fourth-order valence-electron chi connectivity index (χ4n) is 2.11. The van der Waals surface area contributed by atoms with Gasteiger partial charge in [0.1, 0.15) is 17.5 Å². The molecule has 0 bridgehead atoms. The molecule has 0 aliphatic carbocycles. The molecule has 19 heavy (non-hydrogen) atoms. The van der Waals surface area contributed by atoms with E-state index in [4.69, 9.17) is 5.73 Å². The average Bonchev–Trinajstić information content (AvgIpc) is 2.36. The zero-order valence-electron chi connectivity index (χ0n) is 12.1. The first-order valence-corrected chi connectivity index (χ1v) is 6.83. The average molecular weight is 264 g/mol. The van der Waals surface area contributed by atoms with Crippen LogP contribution < -0.4 is 16.0 Å². The van der Waals surface area contributed by atoms with Crippen molar-refractivity contribution >= 4 is 11.6 Å². The second-order valence-electron chi connectivity index (χ2n) is 5.31. The molecule has 1 aliphatic heterocycles. The molecule has 1 aromatic heterocycles.